The maximum Gasteiger partial charge on any atom is 0.237 e. The first-order chi connectivity index (χ1) is 6.72. The van der Waals surface area contributed by atoms with Crippen LogP contribution in [0.5, 0.6) is 0 Å². The molecule has 0 aromatic rings. The van der Waals surface area contributed by atoms with Gasteiger partial charge in [0, 0.05) is 18.1 Å². The van der Waals surface area contributed by atoms with E-state index < -0.39 is 6.04 Å². The molecule has 0 bridgehead atoms. The van der Waals surface area contributed by atoms with Crippen LogP contribution in [0.3, 0.4) is 0 Å². The highest BCUT2D eigenvalue weighted by Crippen LogP contribution is 1.97. The van der Waals surface area contributed by atoms with Crippen molar-refractivity contribution in [3.05, 3.63) is 25.3 Å². The third kappa shape index (κ3) is 6.74. The molecular weight excluding hydrogens is 196 g/mol. The Hall–Kier alpha value is -0.740. The van der Waals surface area contributed by atoms with Crippen molar-refractivity contribution >= 4 is 17.7 Å². The number of carbonyl (C=O) groups excluding carboxylic acids is 1. The maximum absolute atomic E-state index is 11.3. The molecule has 80 valence electrons. The van der Waals surface area contributed by atoms with Gasteiger partial charge in [-0.1, -0.05) is 12.2 Å². The second-order valence-corrected chi connectivity index (χ2v) is 3.94. The lowest BCUT2D eigenvalue weighted by molar-refractivity contribution is -0.122. The standard InChI is InChI=1S/C10H18N2OS/c1-3-5-9(11)10(13)12-6-8-14-7-4-2/h3-4,9H,1-2,5-8,11H2,(H,12,13). The molecule has 0 rings (SSSR count). The molecule has 3 N–H and O–H groups in total. The Labute approximate surface area is 89.8 Å². The first kappa shape index (κ1) is 13.3. The Balaban J connectivity index is 3.43. The van der Waals surface area contributed by atoms with Crippen molar-refractivity contribution in [2.45, 2.75) is 12.5 Å². The Morgan fingerprint density at radius 3 is 2.79 bits per heavy atom. The minimum absolute atomic E-state index is 0.107. The summed E-state index contributed by atoms with van der Waals surface area (Å²) in [6.45, 7) is 7.79. The van der Waals surface area contributed by atoms with Crippen LogP contribution in [0.15, 0.2) is 25.3 Å². The lowest BCUT2D eigenvalue weighted by Gasteiger charge is -2.09. The summed E-state index contributed by atoms with van der Waals surface area (Å²) in [6.07, 6.45) is 4.01. The lowest BCUT2D eigenvalue weighted by atomic mass is 10.2. The van der Waals surface area contributed by atoms with Gasteiger partial charge in [0.15, 0.2) is 0 Å². The van der Waals surface area contributed by atoms with Gasteiger partial charge in [0.05, 0.1) is 6.04 Å². The van der Waals surface area contributed by atoms with E-state index in [2.05, 4.69) is 18.5 Å². The van der Waals surface area contributed by atoms with Crippen LogP contribution < -0.4 is 11.1 Å². The number of thioether (sulfide) groups is 1. The van der Waals surface area contributed by atoms with E-state index in [-0.39, 0.29) is 5.91 Å². The van der Waals surface area contributed by atoms with E-state index in [0.717, 1.165) is 11.5 Å². The molecule has 0 saturated heterocycles. The molecule has 0 aromatic heterocycles. The summed E-state index contributed by atoms with van der Waals surface area (Å²) in [7, 11) is 0. The van der Waals surface area contributed by atoms with Crippen molar-refractivity contribution in [2.75, 3.05) is 18.1 Å². The van der Waals surface area contributed by atoms with Crippen LogP contribution in [0.2, 0.25) is 0 Å². The fourth-order valence-electron chi connectivity index (χ4n) is 0.831. The number of hydrogen-bond acceptors (Lipinski definition) is 3. The molecular formula is C10H18N2OS. The van der Waals surface area contributed by atoms with Gasteiger partial charge in [-0.3, -0.25) is 4.79 Å². The number of carbonyl (C=O) groups is 1. The molecule has 4 heteroatoms. The van der Waals surface area contributed by atoms with Gasteiger partial charge in [0.2, 0.25) is 5.91 Å². The summed E-state index contributed by atoms with van der Waals surface area (Å²) < 4.78 is 0. The smallest absolute Gasteiger partial charge is 0.237 e. The second kappa shape index (κ2) is 8.84. The largest absolute Gasteiger partial charge is 0.354 e. The molecule has 0 aliphatic heterocycles. The minimum Gasteiger partial charge on any atom is -0.354 e. The molecule has 1 unspecified atom stereocenters. The van der Waals surface area contributed by atoms with Crippen molar-refractivity contribution in [1.82, 2.24) is 5.32 Å². The summed E-state index contributed by atoms with van der Waals surface area (Å²) in [6, 6.07) is -0.461. The fourth-order valence-corrected chi connectivity index (χ4v) is 1.41. The minimum atomic E-state index is -0.461. The molecule has 0 aromatic carbocycles. The Morgan fingerprint density at radius 2 is 2.21 bits per heavy atom. The van der Waals surface area contributed by atoms with Crippen molar-refractivity contribution < 1.29 is 4.79 Å². The van der Waals surface area contributed by atoms with E-state index in [1.807, 2.05) is 6.08 Å². The first-order valence-corrected chi connectivity index (χ1v) is 5.70. The normalized spacial score (nSPS) is 11.8. The summed E-state index contributed by atoms with van der Waals surface area (Å²) in [4.78, 5) is 11.3. The van der Waals surface area contributed by atoms with E-state index in [4.69, 9.17) is 5.73 Å². The van der Waals surface area contributed by atoms with Crippen molar-refractivity contribution in [3.8, 4) is 0 Å². The zero-order valence-electron chi connectivity index (χ0n) is 8.37. The monoisotopic (exact) mass is 214 g/mol. The average molecular weight is 214 g/mol. The van der Waals surface area contributed by atoms with Crippen LogP contribution in [0, 0.1) is 0 Å². The molecule has 0 aliphatic carbocycles. The molecule has 1 atom stereocenters. The third-order valence-electron chi connectivity index (χ3n) is 1.54. The highest BCUT2D eigenvalue weighted by Gasteiger charge is 2.09. The molecule has 14 heavy (non-hydrogen) atoms. The van der Waals surface area contributed by atoms with E-state index in [9.17, 15) is 4.79 Å². The van der Waals surface area contributed by atoms with Gasteiger partial charge in [-0.15, -0.1) is 13.2 Å². The van der Waals surface area contributed by atoms with Gasteiger partial charge in [-0.2, -0.15) is 11.8 Å². The van der Waals surface area contributed by atoms with Gasteiger partial charge in [-0.05, 0) is 6.42 Å². The first-order valence-electron chi connectivity index (χ1n) is 4.55. The third-order valence-corrected chi connectivity index (χ3v) is 2.50. The SMILES string of the molecule is C=CCSCCNC(=O)C(N)CC=C. The summed E-state index contributed by atoms with van der Waals surface area (Å²) in [5.41, 5.74) is 5.56. The Bertz CT molecular complexity index is 195. The molecule has 0 radical (unpaired) electrons. The quantitative estimate of drug-likeness (QED) is 0.467. The number of nitrogens with one attached hydrogen (secondary N) is 1. The molecule has 0 saturated carbocycles. The number of amides is 1. The van der Waals surface area contributed by atoms with Crippen LogP contribution >= 0.6 is 11.8 Å². The van der Waals surface area contributed by atoms with Crippen molar-refractivity contribution in [3.63, 3.8) is 0 Å². The van der Waals surface area contributed by atoms with Crippen LogP contribution in [0.4, 0.5) is 0 Å². The highest BCUT2D eigenvalue weighted by molar-refractivity contribution is 7.99. The Kier molecular flexibility index (Phi) is 8.37. The van der Waals surface area contributed by atoms with Crippen molar-refractivity contribution in [2.24, 2.45) is 5.73 Å². The summed E-state index contributed by atoms with van der Waals surface area (Å²) in [5.74, 6) is 1.69. The topological polar surface area (TPSA) is 55.1 Å². The molecule has 0 aliphatic rings. The van der Waals surface area contributed by atoms with Gasteiger partial charge < -0.3 is 11.1 Å². The van der Waals surface area contributed by atoms with Crippen LogP contribution in [0.25, 0.3) is 0 Å². The number of nitrogens with two attached hydrogens (primary N) is 1. The second-order valence-electron chi connectivity index (χ2n) is 2.79. The van der Waals surface area contributed by atoms with Gasteiger partial charge in [-0.25, -0.2) is 0 Å². The van der Waals surface area contributed by atoms with E-state index in [1.54, 1.807) is 17.8 Å². The van der Waals surface area contributed by atoms with E-state index in [1.165, 1.54) is 0 Å². The predicted octanol–water partition coefficient (Wildman–Crippen LogP) is 0.925. The summed E-state index contributed by atoms with van der Waals surface area (Å²) >= 11 is 1.73. The van der Waals surface area contributed by atoms with Crippen LogP contribution in [0.1, 0.15) is 6.42 Å². The van der Waals surface area contributed by atoms with E-state index >= 15 is 0 Å². The molecule has 0 spiro atoms. The van der Waals surface area contributed by atoms with Crippen LogP contribution in [-0.4, -0.2) is 30.0 Å². The van der Waals surface area contributed by atoms with Crippen LogP contribution in [-0.2, 0) is 4.79 Å². The van der Waals surface area contributed by atoms with Gasteiger partial charge in [0.25, 0.3) is 0 Å². The molecule has 3 nitrogen and oxygen atoms in total. The maximum atomic E-state index is 11.3. The predicted molar refractivity (Wildman–Crippen MR) is 63.3 cm³/mol. The Morgan fingerprint density at radius 1 is 1.50 bits per heavy atom. The lowest BCUT2D eigenvalue weighted by Crippen LogP contribution is -2.41. The van der Waals surface area contributed by atoms with Crippen molar-refractivity contribution in [1.29, 1.82) is 0 Å². The molecule has 0 heterocycles. The average Bonchev–Trinajstić information content (AvgIpc) is 2.17. The van der Waals surface area contributed by atoms with Gasteiger partial charge in [0.1, 0.15) is 0 Å². The molecule has 0 fully saturated rings. The fraction of sp³-hybridized carbons (Fsp3) is 0.500. The number of hydrogen-bond donors (Lipinski definition) is 2. The highest BCUT2D eigenvalue weighted by atomic mass is 32.2. The zero-order chi connectivity index (χ0) is 10.8. The number of rotatable bonds is 8. The summed E-state index contributed by atoms with van der Waals surface area (Å²) in [5, 5.41) is 2.76. The molecule has 1 amide bonds. The zero-order valence-corrected chi connectivity index (χ0v) is 9.19. The van der Waals surface area contributed by atoms with Gasteiger partial charge >= 0.3 is 0 Å². The van der Waals surface area contributed by atoms with E-state index in [0.29, 0.717) is 13.0 Å².